The van der Waals surface area contributed by atoms with Crippen molar-refractivity contribution in [2.45, 2.75) is 37.7 Å². The summed E-state index contributed by atoms with van der Waals surface area (Å²) in [5.74, 6) is -2.26. The van der Waals surface area contributed by atoms with E-state index in [-0.39, 0.29) is 23.8 Å². The molecule has 2 N–H and O–H groups in total. The molecule has 0 saturated heterocycles. The molecule has 2 aromatic rings. The van der Waals surface area contributed by atoms with Crippen molar-refractivity contribution in [3.05, 3.63) is 68.8 Å². The van der Waals surface area contributed by atoms with Crippen molar-refractivity contribution in [1.29, 1.82) is 15.8 Å². The Bertz CT molecular complexity index is 1260. The molecule has 2 rings (SSSR count). The highest BCUT2D eigenvalue weighted by Crippen LogP contribution is 2.43. The summed E-state index contributed by atoms with van der Waals surface area (Å²) in [6.45, 7) is 1.06. The summed E-state index contributed by atoms with van der Waals surface area (Å²) < 4.78 is 120. The highest BCUT2D eigenvalue weighted by Gasteiger charge is 2.43. The molecule has 0 fully saturated rings. The van der Waals surface area contributed by atoms with Crippen LogP contribution in [0.3, 0.4) is 0 Å². The third kappa shape index (κ3) is 5.54. The second kappa shape index (κ2) is 9.69. The second-order valence-corrected chi connectivity index (χ2v) is 7.51. The number of alkyl halides is 9. The minimum atomic E-state index is -5.49. The Balaban J connectivity index is 2.71. The number of benzene rings is 2. The van der Waals surface area contributed by atoms with E-state index in [1.165, 1.54) is 12.1 Å². The lowest BCUT2D eigenvalue weighted by atomic mass is 9.84. The smallest absolute Gasteiger partial charge is 0.387 e. The standard InChI is InChI=1S/C22H12F9N3O2/c1-9-2-10(3-15(12(9)6-32)20(23,24)25)18(35)14(8-34)19(36)11-4-16(21(26,27)28)13(7-33)17(5-11)22(29,30)31/h2-5,14,18-19,35-36H,1H3. The fraction of sp³-hybridized carbons (Fsp3) is 0.318. The minimum Gasteiger partial charge on any atom is -0.387 e. The summed E-state index contributed by atoms with van der Waals surface area (Å²) in [6.07, 6.45) is -21.0. The quantitative estimate of drug-likeness (QED) is 0.502. The van der Waals surface area contributed by atoms with Gasteiger partial charge in [-0.15, -0.1) is 0 Å². The van der Waals surface area contributed by atoms with Crippen LogP contribution in [0.5, 0.6) is 0 Å². The monoisotopic (exact) mass is 521 g/mol. The molecule has 0 aromatic heterocycles. The lowest BCUT2D eigenvalue weighted by Crippen LogP contribution is -2.23. The molecule has 0 amide bonds. The van der Waals surface area contributed by atoms with Crippen molar-refractivity contribution in [1.82, 2.24) is 0 Å². The average molecular weight is 521 g/mol. The highest BCUT2D eigenvalue weighted by molar-refractivity contribution is 5.51. The maximum atomic E-state index is 13.4. The van der Waals surface area contributed by atoms with Crippen LogP contribution in [0, 0.1) is 46.8 Å². The number of aliphatic hydroxyl groups excluding tert-OH is 2. The first kappa shape index (κ1) is 28.4. The molecule has 190 valence electrons. The molecule has 5 nitrogen and oxygen atoms in total. The summed E-state index contributed by atoms with van der Waals surface area (Å²) in [4.78, 5) is 0. The highest BCUT2D eigenvalue weighted by atomic mass is 19.4. The molecule has 0 saturated carbocycles. The summed E-state index contributed by atoms with van der Waals surface area (Å²) in [7, 11) is 0. The number of hydrogen-bond donors (Lipinski definition) is 2. The number of aliphatic hydroxyl groups is 2. The zero-order valence-corrected chi connectivity index (χ0v) is 17.7. The van der Waals surface area contributed by atoms with Gasteiger partial charge in [0, 0.05) is 0 Å². The van der Waals surface area contributed by atoms with Gasteiger partial charge in [0.2, 0.25) is 0 Å². The van der Waals surface area contributed by atoms with Gasteiger partial charge in [0.15, 0.2) is 0 Å². The van der Waals surface area contributed by atoms with Crippen LogP contribution in [0.4, 0.5) is 39.5 Å². The number of nitrogens with zero attached hydrogens (tertiary/aromatic N) is 3. The number of rotatable bonds is 4. The van der Waals surface area contributed by atoms with E-state index < -0.39 is 75.6 Å². The van der Waals surface area contributed by atoms with E-state index >= 15 is 0 Å². The van der Waals surface area contributed by atoms with E-state index in [4.69, 9.17) is 10.5 Å². The van der Waals surface area contributed by atoms with Crippen molar-refractivity contribution >= 4 is 0 Å². The van der Waals surface area contributed by atoms with E-state index in [0.29, 0.717) is 0 Å². The summed E-state index contributed by atoms with van der Waals surface area (Å²) in [6, 6.07) is 4.52. The van der Waals surface area contributed by atoms with Crippen molar-refractivity contribution in [2.24, 2.45) is 5.92 Å². The Morgan fingerprint density at radius 1 is 0.639 bits per heavy atom. The molecule has 3 atom stereocenters. The first-order valence-corrected chi connectivity index (χ1v) is 9.48. The van der Waals surface area contributed by atoms with E-state index in [1.807, 2.05) is 0 Å². The van der Waals surface area contributed by atoms with E-state index in [9.17, 15) is 55.0 Å². The molecule has 0 aliphatic heterocycles. The zero-order valence-electron chi connectivity index (χ0n) is 17.7. The topological polar surface area (TPSA) is 112 Å². The summed E-state index contributed by atoms with van der Waals surface area (Å²) >= 11 is 0. The van der Waals surface area contributed by atoms with Crippen LogP contribution in [0.2, 0.25) is 0 Å². The number of nitriles is 3. The SMILES string of the molecule is Cc1cc(C(O)C(C#N)C(O)c2cc(C(F)(F)F)c(C#N)c(C(F)(F)F)c2)cc(C(F)(F)F)c1C#N. The van der Waals surface area contributed by atoms with Gasteiger partial charge in [-0.1, -0.05) is 6.07 Å². The molecule has 36 heavy (non-hydrogen) atoms. The van der Waals surface area contributed by atoms with Gasteiger partial charge in [0.05, 0.1) is 46.1 Å². The van der Waals surface area contributed by atoms with E-state index in [0.717, 1.165) is 19.1 Å². The normalized spacial score (nSPS) is 14.8. The van der Waals surface area contributed by atoms with Gasteiger partial charge in [-0.25, -0.2) is 0 Å². The molecule has 2 aromatic carbocycles. The molecule has 3 unspecified atom stereocenters. The molecular formula is C22H12F9N3O2. The van der Waals surface area contributed by atoms with Gasteiger partial charge in [0.25, 0.3) is 0 Å². The Morgan fingerprint density at radius 3 is 1.28 bits per heavy atom. The Labute approximate surface area is 196 Å². The Hall–Kier alpha value is -3.80. The third-order valence-electron chi connectivity index (χ3n) is 5.17. The van der Waals surface area contributed by atoms with Gasteiger partial charge >= 0.3 is 18.5 Å². The van der Waals surface area contributed by atoms with Crippen LogP contribution in [0.1, 0.15) is 56.7 Å². The number of aryl methyl sites for hydroxylation is 1. The molecule has 0 aliphatic rings. The molecule has 0 aliphatic carbocycles. The first-order chi connectivity index (χ1) is 16.4. The van der Waals surface area contributed by atoms with Crippen molar-refractivity contribution < 1.29 is 49.7 Å². The molecule has 0 heterocycles. The average Bonchev–Trinajstić information content (AvgIpc) is 2.75. The largest absolute Gasteiger partial charge is 0.417 e. The van der Waals surface area contributed by atoms with E-state index in [1.54, 1.807) is 0 Å². The fourth-order valence-corrected chi connectivity index (χ4v) is 3.49. The number of hydrogen-bond acceptors (Lipinski definition) is 5. The van der Waals surface area contributed by atoms with Crippen molar-refractivity contribution in [2.75, 3.05) is 0 Å². The van der Waals surface area contributed by atoms with Gasteiger partial charge in [-0.2, -0.15) is 55.3 Å². The lowest BCUT2D eigenvalue weighted by Gasteiger charge is -2.25. The Kier molecular flexibility index (Phi) is 7.65. The van der Waals surface area contributed by atoms with Crippen LogP contribution in [-0.2, 0) is 18.5 Å². The predicted molar refractivity (Wildman–Crippen MR) is 101 cm³/mol. The van der Waals surface area contributed by atoms with Crippen LogP contribution in [0.25, 0.3) is 0 Å². The fourth-order valence-electron chi connectivity index (χ4n) is 3.49. The van der Waals surface area contributed by atoms with E-state index in [2.05, 4.69) is 0 Å². The third-order valence-corrected chi connectivity index (χ3v) is 5.17. The van der Waals surface area contributed by atoms with Crippen LogP contribution >= 0.6 is 0 Å². The van der Waals surface area contributed by atoms with Crippen LogP contribution in [0.15, 0.2) is 24.3 Å². The molecule has 0 radical (unpaired) electrons. The van der Waals surface area contributed by atoms with Gasteiger partial charge in [0.1, 0.15) is 18.1 Å². The maximum absolute atomic E-state index is 13.4. The Morgan fingerprint density at radius 2 is 0.972 bits per heavy atom. The zero-order chi connectivity index (χ0) is 27.8. The predicted octanol–water partition coefficient (Wildman–Crippen LogP) is 5.70. The van der Waals surface area contributed by atoms with Crippen molar-refractivity contribution in [3.63, 3.8) is 0 Å². The van der Waals surface area contributed by atoms with Crippen LogP contribution < -0.4 is 0 Å². The maximum Gasteiger partial charge on any atom is 0.417 e. The second-order valence-electron chi connectivity index (χ2n) is 7.51. The van der Waals surface area contributed by atoms with Gasteiger partial charge in [-0.05, 0) is 41.8 Å². The first-order valence-electron chi connectivity index (χ1n) is 9.48. The molecular weight excluding hydrogens is 509 g/mol. The van der Waals surface area contributed by atoms with Crippen molar-refractivity contribution in [3.8, 4) is 18.2 Å². The lowest BCUT2D eigenvalue weighted by molar-refractivity contribution is -0.143. The molecule has 0 bridgehead atoms. The summed E-state index contributed by atoms with van der Waals surface area (Å²) in [5, 5.41) is 48.3. The molecule has 0 spiro atoms. The minimum absolute atomic E-state index is 0.0132. The van der Waals surface area contributed by atoms with Gasteiger partial charge in [-0.3, -0.25) is 0 Å². The number of halogens is 9. The molecule has 14 heteroatoms. The summed E-state index contributed by atoms with van der Waals surface area (Å²) in [5.41, 5.74) is -10.4. The van der Waals surface area contributed by atoms with Gasteiger partial charge < -0.3 is 10.2 Å². The van der Waals surface area contributed by atoms with Crippen LogP contribution in [-0.4, -0.2) is 10.2 Å².